The second kappa shape index (κ2) is 7.36. The Morgan fingerprint density at radius 2 is 2.11 bits per heavy atom. The maximum Gasteiger partial charge on any atom is 0.217 e. The van der Waals surface area contributed by atoms with Crippen LogP contribution in [0.3, 0.4) is 0 Å². The Balaban J connectivity index is 0.00000180. The van der Waals surface area contributed by atoms with Gasteiger partial charge in [-0.2, -0.15) is 0 Å². The predicted molar refractivity (Wildman–Crippen MR) is 77.8 cm³/mol. The highest BCUT2D eigenvalue weighted by molar-refractivity contribution is 5.85. The Labute approximate surface area is 120 Å². The predicted octanol–water partition coefficient (Wildman–Crippen LogP) is 2.05. The van der Waals surface area contributed by atoms with Crippen LogP contribution in [0.15, 0.2) is 24.3 Å². The zero-order valence-electron chi connectivity index (χ0n) is 11.3. The number of amides is 1. The van der Waals surface area contributed by atoms with Crippen LogP contribution in [0.1, 0.15) is 31.9 Å². The lowest BCUT2D eigenvalue weighted by Gasteiger charge is -2.15. The molecule has 0 saturated carbocycles. The van der Waals surface area contributed by atoms with E-state index in [1.807, 2.05) is 31.2 Å². The second-order valence-electron chi connectivity index (χ2n) is 4.72. The minimum atomic E-state index is -0.0140. The number of hydrogen-bond donors (Lipinski definition) is 2. The third-order valence-corrected chi connectivity index (χ3v) is 3.12. The number of halogens is 1. The molecule has 5 heteroatoms. The first-order chi connectivity index (χ1) is 8.65. The lowest BCUT2D eigenvalue weighted by molar-refractivity contribution is -0.119. The number of rotatable bonds is 4. The van der Waals surface area contributed by atoms with Gasteiger partial charge in [-0.25, -0.2) is 0 Å². The molecule has 0 aromatic heterocycles. The van der Waals surface area contributed by atoms with Gasteiger partial charge < -0.3 is 15.4 Å². The Morgan fingerprint density at radius 3 is 2.63 bits per heavy atom. The van der Waals surface area contributed by atoms with E-state index in [9.17, 15) is 4.79 Å². The molecule has 4 nitrogen and oxygen atoms in total. The fourth-order valence-corrected chi connectivity index (χ4v) is 2.14. The van der Waals surface area contributed by atoms with E-state index in [0.29, 0.717) is 0 Å². The third-order valence-electron chi connectivity index (χ3n) is 3.12. The van der Waals surface area contributed by atoms with Crippen LogP contribution in [-0.2, 0) is 4.79 Å². The molecule has 1 aromatic rings. The Hall–Kier alpha value is -1.26. The standard InChI is InChI=1S/C14H20N2O2.ClH/c1-10(16-11(2)17)12-3-5-13(6-4-12)18-14-7-8-15-9-14;/h3-6,10,14-15H,7-9H2,1-2H3,(H,16,17);1H/t10-,14+;/m0./s1. The van der Waals surface area contributed by atoms with Gasteiger partial charge in [0.2, 0.25) is 5.91 Å². The van der Waals surface area contributed by atoms with E-state index in [2.05, 4.69) is 10.6 Å². The van der Waals surface area contributed by atoms with Crippen molar-refractivity contribution in [2.45, 2.75) is 32.4 Å². The highest BCUT2D eigenvalue weighted by atomic mass is 35.5. The summed E-state index contributed by atoms with van der Waals surface area (Å²) in [5, 5.41) is 6.13. The summed E-state index contributed by atoms with van der Waals surface area (Å²) < 4.78 is 5.84. The molecule has 1 saturated heterocycles. The minimum Gasteiger partial charge on any atom is -0.489 e. The quantitative estimate of drug-likeness (QED) is 0.890. The molecule has 1 amide bonds. The van der Waals surface area contributed by atoms with E-state index in [1.165, 1.54) is 6.92 Å². The van der Waals surface area contributed by atoms with Crippen molar-refractivity contribution < 1.29 is 9.53 Å². The minimum absolute atomic E-state index is 0. The summed E-state index contributed by atoms with van der Waals surface area (Å²) in [7, 11) is 0. The average Bonchev–Trinajstić information content (AvgIpc) is 2.82. The molecule has 2 rings (SSSR count). The number of ether oxygens (including phenoxy) is 1. The molecule has 1 aliphatic rings. The van der Waals surface area contributed by atoms with Crippen molar-refractivity contribution in [2.24, 2.45) is 0 Å². The van der Waals surface area contributed by atoms with Crippen molar-refractivity contribution >= 4 is 18.3 Å². The van der Waals surface area contributed by atoms with Gasteiger partial charge in [0.1, 0.15) is 11.9 Å². The van der Waals surface area contributed by atoms with E-state index in [4.69, 9.17) is 4.74 Å². The smallest absolute Gasteiger partial charge is 0.217 e. The van der Waals surface area contributed by atoms with Gasteiger partial charge in [0, 0.05) is 13.5 Å². The van der Waals surface area contributed by atoms with Crippen LogP contribution in [-0.4, -0.2) is 25.1 Å². The van der Waals surface area contributed by atoms with E-state index in [-0.39, 0.29) is 30.5 Å². The van der Waals surface area contributed by atoms with Crippen LogP contribution in [0.5, 0.6) is 5.75 Å². The summed E-state index contributed by atoms with van der Waals surface area (Å²) in [4.78, 5) is 11.0. The lowest BCUT2D eigenvalue weighted by atomic mass is 10.1. The molecule has 0 bridgehead atoms. The molecule has 1 aromatic carbocycles. The van der Waals surface area contributed by atoms with E-state index in [1.54, 1.807) is 0 Å². The van der Waals surface area contributed by atoms with Crippen LogP contribution in [0.25, 0.3) is 0 Å². The first kappa shape index (κ1) is 15.8. The van der Waals surface area contributed by atoms with Gasteiger partial charge in [0.05, 0.1) is 6.04 Å². The number of hydrogen-bond acceptors (Lipinski definition) is 3. The highest BCUT2D eigenvalue weighted by Crippen LogP contribution is 2.19. The van der Waals surface area contributed by atoms with Crippen molar-refractivity contribution in [3.8, 4) is 5.75 Å². The topological polar surface area (TPSA) is 50.4 Å². The molecule has 19 heavy (non-hydrogen) atoms. The highest BCUT2D eigenvalue weighted by Gasteiger charge is 2.15. The molecule has 1 heterocycles. The SMILES string of the molecule is CC(=O)N[C@@H](C)c1ccc(O[C@@H]2CCNC2)cc1.Cl. The van der Waals surface area contributed by atoms with Crippen molar-refractivity contribution in [3.05, 3.63) is 29.8 Å². The summed E-state index contributed by atoms with van der Waals surface area (Å²) in [5.41, 5.74) is 1.09. The van der Waals surface area contributed by atoms with Gasteiger partial charge in [0.15, 0.2) is 0 Å². The summed E-state index contributed by atoms with van der Waals surface area (Å²) in [6, 6.07) is 7.96. The van der Waals surface area contributed by atoms with Gasteiger partial charge >= 0.3 is 0 Å². The van der Waals surface area contributed by atoms with Crippen LogP contribution < -0.4 is 15.4 Å². The summed E-state index contributed by atoms with van der Waals surface area (Å²) >= 11 is 0. The number of benzene rings is 1. The zero-order valence-corrected chi connectivity index (χ0v) is 12.1. The maximum absolute atomic E-state index is 11.0. The second-order valence-corrected chi connectivity index (χ2v) is 4.72. The fourth-order valence-electron chi connectivity index (χ4n) is 2.14. The van der Waals surface area contributed by atoms with Gasteiger partial charge in [-0.1, -0.05) is 12.1 Å². The first-order valence-corrected chi connectivity index (χ1v) is 6.39. The molecule has 2 N–H and O–H groups in total. The Bertz CT molecular complexity index is 402. The summed E-state index contributed by atoms with van der Waals surface area (Å²) in [6.07, 6.45) is 1.34. The van der Waals surface area contributed by atoms with Gasteiger partial charge in [-0.05, 0) is 37.6 Å². The third kappa shape index (κ3) is 4.73. The number of nitrogens with one attached hydrogen (secondary N) is 2. The van der Waals surface area contributed by atoms with Crippen molar-refractivity contribution in [3.63, 3.8) is 0 Å². The molecule has 0 aliphatic carbocycles. The molecule has 0 unspecified atom stereocenters. The molecule has 1 fully saturated rings. The van der Waals surface area contributed by atoms with Crippen molar-refractivity contribution in [2.75, 3.05) is 13.1 Å². The Morgan fingerprint density at radius 1 is 1.42 bits per heavy atom. The van der Waals surface area contributed by atoms with Gasteiger partial charge in [0.25, 0.3) is 0 Å². The van der Waals surface area contributed by atoms with Crippen LogP contribution in [0.4, 0.5) is 0 Å². The maximum atomic E-state index is 11.0. The van der Waals surface area contributed by atoms with E-state index < -0.39 is 0 Å². The first-order valence-electron chi connectivity index (χ1n) is 6.39. The molecule has 106 valence electrons. The molecular weight excluding hydrogens is 264 g/mol. The van der Waals surface area contributed by atoms with Gasteiger partial charge in [-0.15, -0.1) is 12.4 Å². The molecule has 1 aliphatic heterocycles. The molecule has 2 atom stereocenters. The number of carbonyl (C=O) groups excluding carboxylic acids is 1. The normalized spacial score (nSPS) is 19.4. The van der Waals surface area contributed by atoms with Crippen molar-refractivity contribution in [1.82, 2.24) is 10.6 Å². The largest absolute Gasteiger partial charge is 0.489 e. The average molecular weight is 285 g/mol. The fraction of sp³-hybridized carbons (Fsp3) is 0.500. The molecular formula is C14H21ClN2O2. The zero-order chi connectivity index (χ0) is 13.0. The van der Waals surface area contributed by atoms with E-state index >= 15 is 0 Å². The summed E-state index contributed by atoms with van der Waals surface area (Å²) in [6.45, 7) is 5.45. The van der Waals surface area contributed by atoms with Crippen LogP contribution >= 0.6 is 12.4 Å². The van der Waals surface area contributed by atoms with Crippen LogP contribution in [0.2, 0.25) is 0 Å². The molecule has 0 radical (unpaired) electrons. The van der Waals surface area contributed by atoms with Crippen LogP contribution in [0, 0.1) is 0 Å². The Kier molecular flexibility index (Phi) is 6.12. The monoisotopic (exact) mass is 284 g/mol. The van der Waals surface area contributed by atoms with E-state index in [0.717, 1.165) is 30.8 Å². The molecule has 0 spiro atoms. The van der Waals surface area contributed by atoms with Gasteiger partial charge in [-0.3, -0.25) is 4.79 Å². The van der Waals surface area contributed by atoms with Crippen molar-refractivity contribution in [1.29, 1.82) is 0 Å². The number of carbonyl (C=O) groups is 1. The summed E-state index contributed by atoms with van der Waals surface area (Å²) in [5.74, 6) is 0.877. The lowest BCUT2D eigenvalue weighted by Crippen LogP contribution is -2.23.